The minimum atomic E-state index is 0.213. The Hall–Kier alpha value is -1.06. The van der Waals surface area contributed by atoms with Crippen molar-refractivity contribution in [1.82, 2.24) is 5.32 Å². The van der Waals surface area contributed by atoms with Crippen LogP contribution < -0.4 is 10.1 Å². The van der Waals surface area contributed by atoms with Crippen LogP contribution in [0.3, 0.4) is 0 Å². The highest BCUT2D eigenvalue weighted by atomic mass is 16.5. The molecule has 0 spiro atoms. The molecular formula is C15H25NO2. The maximum atomic E-state index is 5.70. The smallest absolute Gasteiger partial charge is 0.120 e. The first-order valence-electron chi connectivity index (χ1n) is 6.62. The Morgan fingerprint density at radius 2 is 2.00 bits per heavy atom. The van der Waals surface area contributed by atoms with Gasteiger partial charge >= 0.3 is 0 Å². The zero-order valence-corrected chi connectivity index (χ0v) is 11.9. The normalized spacial score (nSPS) is 12.7. The molecule has 1 unspecified atom stereocenters. The molecule has 0 heterocycles. The van der Waals surface area contributed by atoms with Gasteiger partial charge in [0.25, 0.3) is 0 Å². The van der Waals surface area contributed by atoms with Crippen LogP contribution in [0.5, 0.6) is 5.75 Å². The van der Waals surface area contributed by atoms with Crippen LogP contribution in [0, 0.1) is 0 Å². The summed E-state index contributed by atoms with van der Waals surface area (Å²) < 4.78 is 10.7. The van der Waals surface area contributed by atoms with Gasteiger partial charge in [-0.3, -0.25) is 0 Å². The largest absolute Gasteiger partial charge is 0.491 e. The highest BCUT2D eigenvalue weighted by molar-refractivity contribution is 5.30. The summed E-state index contributed by atoms with van der Waals surface area (Å²) in [6.07, 6.45) is 1.24. The molecule has 1 N–H and O–H groups in total. The van der Waals surface area contributed by atoms with Gasteiger partial charge in [0.15, 0.2) is 0 Å². The summed E-state index contributed by atoms with van der Waals surface area (Å²) in [5.74, 6) is 0.938. The Balaban J connectivity index is 2.48. The first-order valence-corrected chi connectivity index (χ1v) is 6.62. The quantitative estimate of drug-likeness (QED) is 0.720. The maximum Gasteiger partial charge on any atom is 0.120 e. The Morgan fingerprint density at radius 1 is 1.22 bits per heavy atom. The van der Waals surface area contributed by atoms with E-state index in [2.05, 4.69) is 24.4 Å². The van der Waals surface area contributed by atoms with Gasteiger partial charge in [-0.2, -0.15) is 0 Å². The molecule has 0 aromatic heterocycles. The van der Waals surface area contributed by atoms with Crippen molar-refractivity contribution >= 4 is 0 Å². The predicted molar refractivity (Wildman–Crippen MR) is 75.1 cm³/mol. The molecule has 0 radical (unpaired) electrons. The van der Waals surface area contributed by atoms with Crippen molar-refractivity contribution in [1.29, 1.82) is 0 Å². The molecule has 102 valence electrons. The van der Waals surface area contributed by atoms with Crippen LogP contribution in [-0.4, -0.2) is 26.4 Å². The van der Waals surface area contributed by atoms with Gasteiger partial charge in [0, 0.05) is 19.8 Å². The van der Waals surface area contributed by atoms with E-state index in [1.807, 2.05) is 26.0 Å². The van der Waals surface area contributed by atoms with Crippen molar-refractivity contribution < 1.29 is 9.47 Å². The molecule has 3 nitrogen and oxygen atoms in total. The highest BCUT2D eigenvalue weighted by Crippen LogP contribution is 2.19. The molecule has 0 saturated carbocycles. The van der Waals surface area contributed by atoms with E-state index in [9.17, 15) is 0 Å². The van der Waals surface area contributed by atoms with Gasteiger partial charge in [0.1, 0.15) is 5.75 Å². The van der Waals surface area contributed by atoms with E-state index < -0.39 is 0 Å². The summed E-state index contributed by atoms with van der Waals surface area (Å²) in [4.78, 5) is 0. The summed E-state index contributed by atoms with van der Waals surface area (Å²) in [7, 11) is 1.73. The van der Waals surface area contributed by atoms with Crippen molar-refractivity contribution in [2.75, 3.05) is 20.3 Å². The Morgan fingerprint density at radius 3 is 2.67 bits per heavy atom. The van der Waals surface area contributed by atoms with Gasteiger partial charge in [-0.25, -0.2) is 0 Å². The lowest BCUT2D eigenvalue weighted by Crippen LogP contribution is -2.20. The fraction of sp³-hybridized carbons (Fsp3) is 0.600. The van der Waals surface area contributed by atoms with Crippen LogP contribution in [-0.2, 0) is 4.74 Å². The van der Waals surface area contributed by atoms with E-state index in [1.54, 1.807) is 7.11 Å². The zero-order chi connectivity index (χ0) is 13.4. The Bertz CT molecular complexity index is 339. The average molecular weight is 251 g/mol. The van der Waals surface area contributed by atoms with E-state index in [0.29, 0.717) is 6.04 Å². The highest BCUT2D eigenvalue weighted by Gasteiger charge is 2.06. The predicted octanol–water partition coefficient (Wildman–Crippen LogP) is 3.16. The van der Waals surface area contributed by atoms with Crippen LogP contribution >= 0.6 is 0 Å². The van der Waals surface area contributed by atoms with E-state index in [0.717, 1.165) is 25.3 Å². The van der Waals surface area contributed by atoms with Crippen LogP contribution in [0.25, 0.3) is 0 Å². The lowest BCUT2D eigenvalue weighted by atomic mass is 10.1. The minimum Gasteiger partial charge on any atom is -0.491 e. The monoisotopic (exact) mass is 251 g/mol. The molecule has 1 rings (SSSR count). The topological polar surface area (TPSA) is 30.5 Å². The number of ether oxygens (including phenoxy) is 2. The van der Waals surface area contributed by atoms with Gasteiger partial charge in [0.2, 0.25) is 0 Å². The lowest BCUT2D eigenvalue weighted by molar-refractivity contribution is 0.193. The number of methoxy groups -OCH3 is 1. The van der Waals surface area contributed by atoms with Crippen molar-refractivity contribution in [2.24, 2.45) is 0 Å². The number of hydrogen-bond acceptors (Lipinski definition) is 3. The molecule has 0 saturated heterocycles. The van der Waals surface area contributed by atoms with Crippen molar-refractivity contribution in [3.05, 3.63) is 29.8 Å². The first kappa shape index (κ1) is 15.0. The van der Waals surface area contributed by atoms with Crippen LogP contribution in [0.1, 0.15) is 38.8 Å². The molecule has 1 atom stereocenters. The standard InChI is InChI=1S/C15H25NO2/c1-12(2)18-15-8-5-7-14(11-15)13(3)16-9-6-10-17-4/h5,7-8,11-13,16H,6,9-10H2,1-4H3. The Labute approximate surface area is 110 Å². The molecule has 1 aromatic carbocycles. The third kappa shape index (κ3) is 5.52. The number of rotatable bonds is 8. The molecule has 1 aromatic rings. The number of hydrogen-bond donors (Lipinski definition) is 1. The van der Waals surface area contributed by atoms with E-state index in [1.165, 1.54) is 5.56 Å². The molecule has 3 heteroatoms. The molecule has 0 fully saturated rings. The van der Waals surface area contributed by atoms with E-state index >= 15 is 0 Å². The maximum absolute atomic E-state index is 5.70. The summed E-state index contributed by atoms with van der Waals surface area (Å²) in [6, 6.07) is 8.61. The molecule has 0 aliphatic carbocycles. The van der Waals surface area contributed by atoms with Crippen LogP contribution in [0.2, 0.25) is 0 Å². The van der Waals surface area contributed by atoms with Crippen molar-refractivity contribution in [2.45, 2.75) is 39.3 Å². The van der Waals surface area contributed by atoms with E-state index in [-0.39, 0.29) is 6.10 Å². The average Bonchev–Trinajstić information content (AvgIpc) is 2.34. The molecular weight excluding hydrogens is 226 g/mol. The second kappa shape index (κ2) is 8.11. The summed E-state index contributed by atoms with van der Waals surface area (Å²) >= 11 is 0. The molecule has 0 bridgehead atoms. The van der Waals surface area contributed by atoms with Gasteiger partial charge in [-0.1, -0.05) is 12.1 Å². The summed E-state index contributed by atoms with van der Waals surface area (Å²) in [5.41, 5.74) is 1.26. The second-order valence-corrected chi connectivity index (χ2v) is 4.76. The van der Waals surface area contributed by atoms with Gasteiger partial charge in [-0.05, 0) is 51.4 Å². The lowest BCUT2D eigenvalue weighted by Gasteiger charge is -2.16. The fourth-order valence-electron chi connectivity index (χ4n) is 1.78. The third-order valence-corrected chi connectivity index (χ3v) is 2.71. The molecule has 18 heavy (non-hydrogen) atoms. The van der Waals surface area contributed by atoms with Gasteiger partial charge in [0.05, 0.1) is 6.10 Å². The van der Waals surface area contributed by atoms with Gasteiger partial charge < -0.3 is 14.8 Å². The molecule has 0 aliphatic rings. The molecule has 0 aliphatic heterocycles. The van der Waals surface area contributed by atoms with Gasteiger partial charge in [-0.15, -0.1) is 0 Å². The summed E-state index contributed by atoms with van der Waals surface area (Å²) in [6.45, 7) is 8.01. The Kier molecular flexibility index (Phi) is 6.76. The molecule has 0 amide bonds. The fourth-order valence-corrected chi connectivity index (χ4v) is 1.78. The minimum absolute atomic E-state index is 0.213. The second-order valence-electron chi connectivity index (χ2n) is 4.76. The zero-order valence-electron chi connectivity index (χ0n) is 11.9. The number of nitrogens with one attached hydrogen (secondary N) is 1. The van der Waals surface area contributed by atoms with Crippen molar-refractivity contribution in [3.8, 4) is 5.75 Å². The van der Waals surface area contributed by atoms with E-state index in [4.69, 9.17) is 9.47 Å². The number of benzene rings is 1. The van der Waals surface area contributed by atoms with Crippen LogP contribution in [0.4, 0.5) is 0 Å². The third-order valence-electron chi connectivity index (χ3n) is 2.71. The first-order chi connectivity index (χ1) is 8.63. The van der Waals surface area contributed by atoms with Crippen LogP contribution in [0.15, 0.2) is 24.3 Å². The van der Waals surface area contributed by atoms with Crippen molar-refractivity contribution in [3.63, 3.8) is 0 Å². The summed E-state index contributed by atoms with van der Waals surface area (Å²) in [5, 5.41) is 3.48. The SMILES string of the molecule is COCCCNC(C)c1cccc(OC(C)C)c1.